The van der Waals surface area contributed by atoms with E-state index in [0.29, 0.717) is 16.8 Å². The molecule has 27 heavy (non-hydrogen) atoms. The van der Waals surface area contributed by atoms with Gasteiger partial charge >= 0.3 is 6.18 Å². The third kappa shape index (κ3) is 3.92. The van der Waals surface area contributed by atoms with Crippen LogP contribution in [-0.4, -0.2) is 28.9 Å². The highest BCUT2D eigenvalue weighted by molar-refractivity contribution is 6.13. The Kier molecular flexibility index (Phi) is 5.12. The molecule has 0 saturated heterocycles. The Hall–Kier alpha value is -2.96. The Morgan fingerprint density at radius 2 is 1.52 bits per heavy atom. The SMILES string of the molecule is C=C1C[C@H]([N+](=O)[O-])[C@@H](N=C(c2ccccc2)c2ccccc2)[C@H]1C(F)(F)F. The van der Waals surface area contributed by atoms with Gasteiger partial charge in [0.05, 0.1) is 5.71 Å². The van der Waals surface area contributed by atoms with Crippen LogP contribution in [0.25, 0.3) is 0 Å². The van der Waals surface area contributed by atoms with Crippen molar-refractivity contribution in [2.75, 3.05) is 0 Å². The van der Waals surface area contributed by atoms with Crippen molar-refractivity contribution in [2.45, 2.75) is 24.7 Å². The van der Waals surface area contributed by atoms with Crippen LogP contribution in [0, 0.1) is 16.0 Å². The molecule has 0 N–H and O–H groups in total. The molecular formula is C20H17F3N2O2. The van der Waals surface area contributed by atoms with Gasteiger partial charge in [0.1, 0.15) is 12.0 Å². The Balaban J connectivity index is 2.16. The fraction of sp³-hybridized carbons (Fsp3) is 0.250. The molecular weight excluding hydrogens is 357 g/mol. The average molecular weight is 374 g/mol. The minimum absolute atomic E-state index is 0.196. The lowest BCUT2D eigenvalue weighted by Crippen LogP contribution is -2.38. The first-order chi connectivity index (χ1) is 12.8. The summed E-state index contributed by atoms with van der Waals surface area (Å²) in [4.78, 5) is 15.0. The molecule has 0 aliphatic heterocycles. The van der Waals surface area contributed by atoms with Crippen molar-refractivity contribution in [1.82, 2.24) is 0 Å². The standard InChI is InChI=1S/C20H17F3N2O2/c1-13-12-16(25(26)27)19(17(13)20(21,22)23)24-18(14-8-4-2-5-9-14)15-10-6-3-7-11-15/h2-11,16-17,19H,1,12H2/t16-,17-,19+/m0/s1. The second kappa shape index (κ2) is 7.34. The normalized spacial score (nSPS) is 22.5. The first-order valence-corrected chi connectivity index (χ1v) is 8.35. The Morgan fingerprint density at radius 1 is 1.04 bits per heavy atom. The minimum Gasteiger partial charge on any atom is -0.273 e. The lowest BCUT2D eigenvalue weighted by Gasteiger charge is -2.22. The summed E-state index contributed by atoms with van der Waals surface area (Å²) in [5.41, 5.74) is 1.31. The minimum atomic E-state index is -4.64. The molecule has 0 amide bonds. The summed E-state index contributed by atoms with van der Waals surface area (Å²) in [7, 11) is 0. The van der Waals surface area contributed by atoms with Gasteiger partial charge in [-0.25, -0.2) is 0 Å². The number of alkyl halides is 3. The molecule has 2 aromatic rings. The largest absolute Gasteiger partial charge is 0.397 e. The monoisotopic (exact) mass is 374 g/mol. The van der Waals surface area contributed by atoms with Crippen molar-refractivity contribution >= 4 is 5.71 Å². The van der Waals surface area contributed by atoms with Crippen LogP contribution in [0.4, 0.5) is 13.2 Å². The van der Waals surface area contributed by atoms with Gasteiger partial charge in [0.15, 0.2) is 0 Å². The molecule has 4 nitrogen and oxygen atoms in total. The number of nitrogens with zero attached hydrogens (tertiary/aromatic N) is 2. The molecule has 3 rings (SSSR count). The zero-order valence-corrected chi connectivity index (χ0v) is 14.3. The van der Waals surface area contributed by atoms with Gasteiger partial charge in [-0.3, -0.25) is 15.1 Å². The molecule has 7 heteroatoms. The van der Waals surface area contributed by atoms with Crippen LogP contribution in [0.5, 0.6) is 0 Å². The van der Waals surface area contributed by atoms with Crippen molar-refractivity contribution in [2.24, 2.45) is 10.9 Å². The van der Waals surface area contributed by atoms with E-state index >= 15 is 0 Å². The van der Waals surface area contributed by atoms with Gasteiger partial charge in [0.25, 0.3) is 0 Å². The van der Waals surface area contributed by atoms with E-state index in [9.17, 15) is 23.3 Å². The third-order valence-electron chi connectivity index (χ3n) is 4.64. The van der Waals surface area contributed by atoms with E-state index in [4.69, 9.17) is 0 Å². The summed E-state index contributed by atoms with van der Waals surface area (Å²) in [6.07, 6.45) is -4.98. The second-order valence-corrected chi connectivity index (χ2v) is 6.43. The van der Waals surface area contributed by atoms with Gasteiger partial charge in [0.2, 0.25) is 6.04 Å². The van der Waals surface area contributed by atoms with Crippen molar-refractivity contribution in [1.29, 1.82) is 0 Å². The van der Waals surface area contributed by atoms with E-state index in [1.54, 1.807) is 60.7 Å². The average Bonchev–Trinajstić information content (AvgIpc) is 2.98. The summed E-state index contributed by atoms with van der Waals surface area (Å²) < 4.78 is 40.8. The molecule has 0 bridgehead atoms. The van der Waals surface area contributed by atoms with Crippen LogP contribution in [0.1, 0.15) is 17.5 Å². The Morgan fingerprint density at radius 3 is 1.93 bits per heavy atom. The maximum atomic E-state index is 13.6. The molecule has 1 aliphatic carbocycles. The van der Waals surface area contributed by atoms with Gasteiger partial charge in [-0.2, -0.15) is 13.2 Å². The molecule has 0 spiro atoms. The second-order valence-electron chi connectivity index (χ2n) is 6.43. The summed E-state index contributed by atoms with van der Waals surface area (Å²) in [5, 5.41) is 11.4. The molecule has 3 atom stereocenters. The third-order valence-corrected chi connectivity index (χ3v) is 4.64. The summed E-state index contributed by atoms with van der Waals surface area (Å²) in [6.45, 7) is 3.44. The summed E-state index contributed by atoms with van der Waals surface area (Å²) >= 11 is 0. The number of rotatable bonds is 4. The van der Waals surface area contributed by atoms with Crippen LogP contribution < -0.4 is 0 Å². The number of nitro groups is 1. The van der Waals surface area contributed by atoms with Crippen molar-refractivity contribution in [3.8, 4) is 0 Å². The lowest BCUT2D eigenvalue weighted by molar-refractivity contribution is -0.523. The van der Waals surface area contributed by atoms with Crippen LogP contribution in [0.2, 0.25) is 0 Å². The highest BCUT2D eigenvalue weighted by Crippen LogP contribution is 2.45. The van der Waals surface area contributed by atoms with Gasteiger partial charge in [-0.05, 0) is 0 Å². The Labute approximate surface area is 154 Å². The van der Waals surface area contributed by atoms with Gasteiger partial charge in [-0.1, -0.05) is 72.8 Å². The molecule has 0 radical (unpaired) electrons. The molecule has 1 aliphatic rings. The van der Waals surface area contributed by atoms with Crippen molar-refractivity contribution in [3.05, 3.63) is 94.1 Å². The number of halogens is 3. The van der Waals surface area contributed by atoms with E-state index in [0.717, 1.165) is 0 Å². The molecule has 0 heterocycles. The number of benzene rings is 2. The number of aliphatic imine (C=N–C) groups is 1. The highest BCUT2D eigenvalue weighted by Gasteiger charge is 2.57. The first-order valence-electron chi connectivity index (χ1n) is 8.35. The summed E-state index contributed by atoms with van der Waals surface area (Å²) in [6, 6.07) is 14.4. The zero-order valence-electron chi connectivity index (χ0n) is 14.3. The van der Waals surface area contributed by atoms with E-state index in [2.05, 4.69) is 11.6 Å². The van der Waals surface area contributed by atoms with E-state index in [1.165, 1.54) is 0 Å². The quantitative estimate of drug-likeness (QED) is 0.338. The van der Waals surface area contributed by atoms with Crippen LogP contribution in [0.15, 0.2) is 77.8 Å². The van der Waals surface area contributed by atoms with E-state index in [1.807, 2.05) is 0 Å². The summed E-state index contributed by atoms with van der Waals surface area (Å²) in [5.74, 6) is -2.03. The smallest absolute Gasteiger partial charge is 0.273 e. The lowest BCUT2D eigenvalue weighted by atomic mass is 9.97. The van der Waals surface area contributed by atoms with Crippen LogP contribution in [-0.2, 0) is 0 Å². The number of hydrogen-bond donors (Lipinski definition) is 0. The number of hydrogen-bond acceptors (Lipinski definition) is 3. The predicted molar refractivity (Wildman–Crippen MR) is 96.4 cm³/mol. The predicted octanol–water partition coefficient (Wildman–Crippen LogP) is 4.68. The van der Waals surface area contributed by atoms with E-state index < -0.39 is 29.1 Å². The molecule has 1 saturated carbocycles. The van der Waals surface area contributed by atoms with Crippen molar-refractivity contribution in [3.63, 3.8) is 0 Å². The zero-order chi connectivity index (χ0) is 19.6. The van der Waals surface area contributed by atoms with E-state index in [-0.39, 0.29) is 12.0 Å². The molecule has 1 fully saturated rings. The van der Waals surface area contributed by atoms with Gasteiger partial charge < -0.3 is 0 Å². The topological polar surface area (TPSA) is 55.5 Å². The maximum Gasteiger partial charge on any atom is 0.397 e. The van der Waals surface area contributed by atoms with Gasteiger partial charge in [0, 0.05) is 22.5 Å². The molecule has 140 valence electrons. The maximum absolute atomic E-state index is 13.6. The highest BCUT2D eigenvalue weighted by atomic mass is 19.4. The van der Waals surface area contributed by atoms with Crippen molar-refractivity contribution < 1.29 is 18.1 Å². The Bertz CT molecular complexity index is 822. The van der Waals surface area contributed by atoms with Crippen LogP contribution >= 0.6 is 0 Å². The molecule has 0 unspecified atom stereocenters. The molecule has 2 aromatic carbocycles. The molecule has 0 aromatic heterocycles. The van der Waals surface area contributed by atoms with Gasteiger partial charge in [-0.15, -0.1) is 0 Å². The fourth-order valence-electron chi connectivity index (χ4n) is 3.42. The van der Waals surface area contributed by atoms with Crippen LogP contribution in [0.3, 0.4) is 0 Å². The first kappa shape index (κ1) is 18.8. The fourth-order valence-corrected chi connectivity index (χ4v) is 3.42.